The highest BCUT2D eigenvalue weighted by molar-refractivity contribution is 5.96. The van der Waals surface area contributed by atoms with Crippen LogP contribution in [0.2, 0.25) is 0 Å². The number of aliphatic hydroxyl groups excluding tert-OH is 11. The summed E-state index contributed by atoms with van der Waals surface area (Å²) in [6.07, 6.45) is -17.2. The summed E-state index contributed by atoms with van der Waals surface area (Å²) in [5.74, 6) is -6.00. The summed E-state index contributed by atoms with van der Waals surface area (Å²) in [4.78, 5) is 62.4. The van der Waals surface area contributed by atoms with Crippen molar-refractivity contribution in [2.75, 3.05) is 56.1 Å². The summed E-state index contributed by atoms with van der Waals surface area (Å²) < 4.78 is 79.8. The van der Waals surface area contributed by atoms with E-state index in [0.29, 0.717) is 49.7 Å². The number of amides is 4. The van der Waals surface area contributed by atoms with Gasteiger partial charge >= 0.3 is 5.97 Å². The first-order chi connectivity index (χ1) is 57.7. The zero-order valence-corrected chi connectivity index (χ0v) is 76.7. The van der Waals surface area contributed by atoms with Crippen LogP contribution >= 0.6 is 0 Å². The van der Waals surface area contributed by atoms with Gasteiger partial charge < -0.3 is 154 Å². The number of phenols is 2. The number of carbonyl (C=O) groups is 5. The van der Waals surface area contributed by atoms with Gasteiger partial charge in [-0.3, -0.25) is 19.2 Å². The molecule has 1 aromatic rings. The molecule has 124 heavy (non-hydrogen) atoms. The van der Waals surface area contributed by atoms with Crippen molar-refractivity contribution in [3.8, 4) is 11.5 Å². The van der Waals surface area contributed by atoms with Crippen molar-refractivity contribution in [1.29, 1.82) is 0 Å². The smallest absolute Gasteiger partial charge is 0.342 e. The second-order valence-electron chi connectivity index (χ2n) is 36.8. The minimum Gasteiger partial charge on any atom is -0.508 e. The number of cyclic esters (lactones) is 1. The molecule has 0 aliphatic carbocycles. The van der Waals surface area contributed by atoms with Gasteiger partial charge in [-0.25, -0.2) is 4.79 Å². The normalized spacial score (nSPS) is 32.2. The SMILES string of the molecule is C=C(C)C[C@H](OC)[C@H](O)C(=O)N[C@@H](OC)[C@@H]1C[C@@H](O)C(C)(C)[C@@H](C[C@H](O)CC)O1.C=C(C)C[C@H](OC)[C@H](O)C(=O)N[C@H](OC)[C@@H]1C[C@@H](O)C(C)(C)[C@@H](C[C@H](O)CC)O1.C=C1C[C@](OC)([C@H](O)C(=O)NC2OCO[C@H]3[C@@H]2O[C@H](C[C@H](O)CO)C(C)(C)[C@@H]3OC)O[C@H](C)[C@@H]1C.Cc1c(O)cc(O)c2c1CC([C@H](C)[C@@H](O)C[C@H]1O[C@H](C(N)=O)C[C@@H](O)C1(C)C)OC2=O. The number of benzene rings is 1. The predicted octanol–water partition coefficient (Wildman–Crippen LogP) is 3.21. The number of hydrogen-bond acceptors (Lipinski definition) is 32. The molecule has 0 radical (unpaired) electrons. The van der Waals surface area contributed by atoms with E-state index in [4.69, 9.17) is 72.0 Å². The summed E-state index contributed by atoms with van der Waals surface area (Å²) in [6.45, 7) is 40.6. The molecule has 8 rings (SSSR count). The fourth-order valence-corrected chi connectivity index (χ4v) is 16.7. The largest absolute Gasteiger partial charge is 0.508 e. The van der Waals surface area contributed by atoms with Crippen molar-refractivity contribution in [3.05, 3.63) is 59.2 Å². The van der Waals surface area contributed by atoms with E-state index in [-0.39, 0.29) is 80.8 Å². The summed E-state index contributed by atoms with van der Waals surface area (Å²) in [5, 5.41) is 142. The average molecular weight is 1780 g/mol. The molecular formula is C88H150N4O32. The van der Waals surface area contributed by atoms with Gasteiger partial charge in [0.1, 0.15) is 60.5 Å². The molecule has 6 saturated heterocycles. The number of nitrogens with two attached hydrogens (primary N) is 1. The van der Waals surface area contributed by atoms with E-state index < -0.39 is 229 Å². The van der Waals surface area contributed by atoms with Crippen molar-refractivity contribution in [2.24, 2.45) is 39.2 Å². The fraction of sp³-hybridized carbons (Fsp3) is 0.807. The van der Waals surface area contributed by atoms with Crippen molar-refractivity contribution < 1.29 is 157 Å². The Bertz CT molecular complexity index is 3530. The molecule has 36 nitrogen and oxygen atoms in total. The molecule has 7 heterocycles. The maximum absolute atomic E-state index is 13.2. The minimum atomic E-state index is -1.67. The number of phenolic OH excluding ortho intramolecular Hbond substituents is 2. The van der Waals surface area contributed by atoms with Gasteiger partial charge in [0.25, 0.3) is 17.7 Å². The van der Waals surface area contributed by atoms with E-state index in [1.807, 2.05) is 69.2 Å². The number of nitrogens with one attached hydrogen (secondary N) is 3. The Morgan fingerprint density at radius 2 is 1.08 bits per heavy atom. The first kappa shape index (κ1) is 109. The Morgan fingerprint density at radius 1 is 0.621 bits per heavy atom. The van der Waals surface area contributed by atoms with Gasteiger partial charge in [-0.1, -0.05) is 106 Å². The molecule has 0 bridgehead atoms. The summed E-state index contributed by atoms with van der Waals surface area (Å²) in [5.41, 5.74) is 6.28. The highest BCUT2D eigenvalue weighted by Gasteiger charge is 2.59. The summed E-state index contributed by atoms with van der Waals surface area (Å²) in [7, 11) is 8.62. The Kier molecular flexibility index (Phi) is 41.6. The fourth-order valence-electron chi connectivity index (χ4n) is 16.7. The lowest BCUT2D eigenvalue weighted by molar-refractivity contribution is -0.333. The Balaban J connectivity index is 0.000000295. The lowest BCUT2D eigenvalue weighted by atomic mass is 9.72. The molecule has 30 atom stereocenters. The van der Waals surface area contributed by atoms with Crippen LogP contribution in [0.15, 0.2) is 42.5 Å². The van der Waals surface area contributed by atoms with Crippen LogP contribution in [0, 0.1) is 40.4 Å². The van der Waals surface area contributed by atoms with Crippen molar-refractivity contribution in [2.45, 2.75) is 365 Å². The van der Waals surface area contributed by atoms with Crippen LogP contribution in [0.1, 0.15) is 202 Å². The van der Waals surface area contributed by atoms with Crippen LogP contribution < -0.4 is 21.7 Å². The predicted molar refractivity (Wildman–Crippen MR) is 451 cm³/mol. The van der Waals surface area contributed by atoms with Crippen molar-refractivity contribution >= 4 is 29.6 Å². The van der Waals surface area contributed by atoms with Gasteiger partial charge in [0.2, 0.25) is 11.7 Å². The molecule has 6 fully saturated rings. The molecule has 4 amide bonds. The molecule has 18 N–H and O–H groups in total. The van der Waals surface area contributed by atoms with E-state index >= 15 is 0 Å². The average Bonchev–Trinajstić information content (AvgIpc) is 0.748. The van der Waals surface area contributed by atoms with Crippen LogP contribution in [0.3, 0.4) is 0 Å². The lowest BCUT2D eigenvalue weighted by Gasteiger charge is -2.54. The molecule has 0 spiro atoms. The van der Waals surface area contributed by atoms with Gasteiger partial charge in [-0.2, -0.15) is 0 Å². The second kappa shape index (κ2) is 47.3. The van der Waals surface area contributed by atoms with E-state index in [1.165, 1.54) is 35.5 Å². The van der Waals surface area contributed by atoms with Crippen LogP contribution in [0.25, 0.3) is 0 Å². The molecule has 7 aliphatic rings. The number of primary amides is 1. The summed E-state index contributed by atoms with van der Waals surface area (Å²) in [6, 6.07) is 1.11. The molecule has 0 saturated carbocycles. The van der Waals surface area contributed by atoms with E-state index in [2.05, 4.69) is 35.7 Å². The Morgan fingerprint density at radius 3 is 1.50 bits per heavy atom. The molecular weight excluding hydrogens is 1620 g/mol. The molecule has 7 aliphatic heterocycles. The first-order valence-corrected chi connectivity index (χ1v) is 42.8. The van der Waals surface area contributed by atoms with E-state index in [0.717, 1.165) is 22.8 Å². The molecule has 2 unspecified atom stereocenters. The number of esters is 1. The van der Waals surface area contributed by atoms with Gasteiger partial charge in [-0.05, 0) is 64.5 Å². The van der Waals surface area contributed by atoms with Crippen molar-refractivity contribution in [1.82, 2.24) is 16.0 Å². The number of aromatic hydroxyl groups is 2. The third-order valence-electron chi connectivity index (χ3n) is 26.3. The van der Waals surface area contributed by atoms with Crippen LogP contribution in [-0.4, -0.2) is 323 Å². The maximum Gasteiger partial charge on any atom is 0.342 e. The molecule has 1 aromatic carbocycles. The quantitative estimate of drug-likeness (QED) is 0.0263. The summed E-state index contributed by atoms with van der Waals surface area (Å²) >= 11 is 0. The number of fused-ring (bicyclic) bond motifs is 2. The second-order valence-corrected chi connectivity index (χ2v) is 36.8. The highest BCUT2D eigenvalue weighted by Crippen LogP contribution is 2.47. The third-order valence-corrected chi connectivity index (χ3v) is 26.3. The third kappa shape index (κ3) is 27.1. The lowest BCUT2D eigenvalue weighted by Crippen LogP contribution is -2.69. The van der Waals surface area contributed by atoms with E-state index in [1.54, 1.807) is 48.7 Å². The van der Waals surface area contributed by atoms with E-state index in [9.17, 15) is 90.4 Å². The Labute approximate surface area is 730 Å². The van der Waals surface area contributed by atoms with Crippen LogP contribution in [0.4, 0.5) is 0 Å². The van der Waals surface area contributed by atoms with Gasteiger partial charge in [0, 0.05) is 140 Å². The molecule has 0 aromatic heterocycles. The topological polar surface area (TPSA) is 540 Å². The number of carbonyl (C=O) groups excluding carboxylic acids is 5. The molecule has 36 heteroatoms. The number of aliphatic hydroxyl groups is 11. The van der Waals surface area contributed by atoms with Crippen molar-refractivity contribution in [3.63, 3.8) is 0 Å². The number of methoxy groups -OCH3 is 6. The highest BCUT2D eigenvalue weighted by atomic mass is 16.7. The first-order valence-electron chi connectivity index (χ1n) is 42.8. The van der Waals surface area contributed by atoms with Gasteiger partial charge in [-0.15, -0.1) is 13.2 Å². The Hall–Kier alpha value is -5.57. The monoisotopic (exact) mass is 1780 g/mol. The zero-order valence-electron chi connectivity index (χ0n) is 76.7. The number of hydrogen-bond donors (Lipinski definition) is 17. The maximum atomic E-state index is 13.2. The van der Waals surface area contributed by atoms with Crippen LogP contribution in [0.5, 0.6) is 11.5 Å². The number of rotatable bonds is 35. The molecule has 714 valence electrons. The van der Waals surface area contributed by atoms with Gasteiger partial charge in [0.05, 0.1) is 98.2 Å². The zero-order chi connectivity index (χ0) is 94.1. The van der Waals surface area contributed by atoms with Crippen LogP contribution in [-0.2, 0) is 91.9 Å². The van der Waals surface area contributed by atoms with Gasteiger partial charge in [0.15, 0.2) is 37.0 Å². The standard InChI is InChI=1S/C24H41NO10.C22H31NO8.2C21H39NO7/c1-12-9-24(31-7,35-14(3)13(12)2)19(28)21(29)25-22-18-17(32-11-33-22)20(30-6)23(4,5)16(34-18)8-15(27)10-26;1-9-11-5-15(31-21(29)19(11)14(26)6-12(9)24)10(2)13(25)7-18-22(3,4)17(27)8-16(30-18)20(23)28;2*1-8-13(23)10-17-21(4,5)16(24)11-15(29-17)20(28-7)22-19(26)18(25)14(27-6)9-12(2)3/h13-20,22,26-28H,1,8-11H2,2-7H3,(H,25,29);6,10,13,15-18,24-27H,5,7-8H2,1-4H3,(H2,23,28);2*13-18,20,23-25H,2,8-11H2,1,3-7H3,(H,22,26)/t13-,14-,15+,16-,17+,18+,19-,20-,22?,24-;10-,13+,15?,16+,17-,18-;13-,14+,15+,16-,17-,18+,20+;13-,14+,15+,16-,17-,18+,20-/m1111/s1. The minimum absolute atomic E-state index is 0.0254. The number of ether oxygens (including phenoxy) is 14.